The van der Waals surface area contributed by atoms with E-state index in [0.717, 1.165) is 5.56 Å². The number of rotatable bonds is 7. The van der Waals surface area contributed by atoms with Crippen LogP contribution in [0.25, 0.3) is 0 Å². The molecule has 6 heteroatoms. The summed E-state index contributed by atoms with van der Waals surface area (Å²) in [6, 6.07) is 13.4. The van der Waals surface area contributed by atoms with Crippen LogP contribution in [0, 0.1) is 5.82 Å². The Balaban J connectivity index is 1.81. The van der Waals surface area contributed by atoms with Gasteiger partial charge >= 0.3 is 0 Å². The standard InChI is InChI=1S/C16H17ClFNO2S/c17-15-7-5-13(6-8-15)9-11-19-22(20,21)12-10-14-3-1-2-4-16(14)18/h1-8,19H,9-12H2. The van der Waals surface area contributed by atoms with Crippen LogP contribution in [0.5, 0.6) is 0 Å². The first-order valence-corrected chi connectivity index (χ1v) is 8.94. The topological polar surface area (TPSA) is 46.2 Å². The Morgan fingerprint density at radius 1 is 1.00 bits per heavy atom. The van der Waals surface area contributed by atoms with Gasteiger partial charge in [0.05, 0.1) is 5.75 Å². The van der Waals surface area contributed by atoms with E-state index in [2.05, 4.69) is 4.72 Å². The fourth-order valence-electron chi connectivity index (χ4n) is 2.02. The zero-order chi connectivity index (χ0) is 16.0. The van der Waals surface area contributed by atoms with Crippen molar-refractivity contribution in [2.24, 2.45) is 0 Å². The average Bonchev–Trinajstić information content (AvgIpc) is 2.48. The van der Waals surface area contributed by atoms with Gasteiger partial charge in [0.2, 0.25) is 10.0 Å². The van der Waals surface area contributed by atoms with Crippen LogP contribution in [0.1, 0.15) is 11.1 Å². The van der Waals surface area contributed by atoms with Gasteiger partial charge in [-0.15, -0.1) is 0 Å². The molecule has 0 aliphatic rings. The minimum absolute atomic E-state index is 0.130. The molecule has 1 N–H and O–H groups in total. The lowest BCUT2D eigenvalue weighted by atomic mass is 10.2. The van der Waals surface area contributed by atoms with E-state index in [0.29, 0.717) is 23.6 Å². The van der Waals surface area contributed by atoms with Gasteiger partial charge in [0.15, 0.2) is 0 Å². The quantitative estimate of drug-likeness (QED) is 0.840. The van der Waals surface area contributed by atoms with Crippen LogP contribution in [0.3, 0.4) is 0 Å². The van der Waals surface area contributed by atoms with E-state index in [9.17, 15) is 12.8 Å². The van der Waals surface area contributed by atoms with Gasteiger partial charge in [-0.3, -0.25) is 0 Å². The molecule has 0 atom stereocenters. The minimum Gasteiger partial charge on any atom is -0.215 e. The monoisotopic (exact) mass is 341 g/mol. The van der Waals surface area contributed by atoms with Gasteiger partial charge in [0.1, 0.15) is 5.82 Å². The lowest BCUT2D eigenvalue weighted by molar-refractivity contribution is 0.578. The number of halogens is 2. The van der Waals surface area contributed by atoms with Crippen LogP contribution in [-0.2, 0) is 22.9 Å². The summed E-state index contributed by atoms with van der Waals surface area (Å²) in [5.74, 6) is -0.506. The van der Waals surface area contributed by atoms with Crippen LogP contribution in [0.2, 0.25) is 5.02 Å². The summed E-state index contributed by atoms with van der Waals surface area (Å²) in [4.78, 5) is 0. The molecule has 0 heterocycles. The Morgan fingerprint density at radius 3 is 2.36 bits per heavy atom. The largest absolute Gasteiger partial charge is 0.215 e. The predicted octanol–water partition coefficient (Wildman–Crippen LogP) is 3.18. The highest BCUT2D eigenvalue weighted by atomic mass is 35.5. The molecule has 0 spiro atoms. The van der Waals surface area contributed by atoms with Gasteiger partial charge < -0.3 is 0 Å². The highest BCUT2D eigenvalue weighted by molar-refractivity contribution is 7.89. The smallest absolute Gasteiger partial charge is 0.211 e. The first-order chi connectivity index (χ1) is 10.5. The first-order valence-electron chi connectivity index (χ1n) is 6.91. The maximum Gasteiger partial charge on any atom is 0.211 e. The molecule has 0 fully saturated rings. The molecule has 0 aliphatic heterocycles. The van der Waals surface area contributed by atoms with Crippen LogP contribution < -0.4 is 4.72 Å². The number of hydrogen-bond donors (Lipinski definition) is 1. The van der Waals surface area contributed by atoms with Crippen molar-refractivity contribution in [3.8, 4) is 0 Å². The number of sulfonamides is 1. The van der Waals surface area contributed by atoms with Crippen LogP contribution in [-0.4, -0.2) is 20.7 Å². The summed E-state index contributed by atoms with van der Waals surface area (Å²) in [6.45, 7) is 0.307. The maximum absolute atomic E-state index is 13.4. The van der Waals surface area contributed by atoms with E-state index in [1.165, 1.54) is 6.07 Å². The van der Waals surface area contributed by atoms with Crippen LogP contribution >= 0.6 is 11.6 Å². The predicted molar refractivity (Wildman–Crippen MR) is 87.0 cm³/mol. The second kappa shape index (κ2) is 7.72. The normalized spacial score (nSPS) is 11.5. The summed E-state index contributed by atoms with van der Waals surface area (Å²) in [5.41, 5.74) is 1.41. The summed E-state index contributed by atoms with van der Waals surface area (Å²) >= 11 is 5.79. The molecule has 3 nitrogen and oxygen atoms in total. The van der Waals surface area contributed by atoms with Crippen molar-refractivity contribution in [1.29, 1.82) is 0 Å². The number of aryl methyl sites for hydroxylation is 1. The zero-order valence-corrected chi connectivity index (χ0v) is 13.5. The Labute approximate surface area is 135 Å². The van der Waals surface area contributed by atoms with E-state index in [-0.39, 0.29) is 18.0 Å². The Bertz CT molecular complexity index is 717. The van der Waals surface area contributed by atoms with Gasteiger partial charge in [0.25, 0.3) is 0 Å². The maximum atomic E-state index is 13.4. The highest BCUT2D eigenvalue weighted by Gasteiger charge is 2.11. The molecule has 0 aromatic heterocycles. The fourth-order valence-corrected chi connectivity index (χ4v) is 3.19. The molecule has 118 valence electrons. The molecule has 2 aromatic carbocycles. The molecule has 0 saturated heterocycles. The van der Waals surface area contributed by atoms with Gasteiger partial charge in [-0.05, 0) is 42.2 Å². The molecule has 22 heavy (non-hydrogen) atoms. The van der Waals surface area contributed by atoms with Gasteiger partial charge in [-0.1, -0.05) is 41.9 Å². The van der Waals surface area contributed by atoms with Crippen molar-refractivity contribution in [3.63, 3.8) is 0 Å². The molecule has 0 saturated carbocycles. The molecular formula is C16H17ClFNO2S. The third-order valence-electron chi connectivity index (χ3n) is 3.25. The van der Waals surface area contributed by atoms with Crippen molar-refractivity contribution in [3.05, 3.63) is 70.5 Å². The second-order valence-electron chi connectivity index (χ2n) is 4.93. The van der Waals surface area contributed by atoms with Gasteiger partial charge in [-0.25, -0.2) is 17.5 Å². The third kappa shape index (κ3) is 5.40. The van der Waals surface area contributed by atoms with E-state index >= 15 is 0 Å². The first kappa shape index (κ1) is 16.9. The number of benzene rings is 2. The fraction of sp³-hybridized carbons (Fsp3) is 0.250. The van der Waals surface area contributed by atoms with Crippen molar-refractivity contribution in [1.82, 2.24) is 4.72 Å². The number of hydrogen-bond acceptors (Lipinski definition) is 2. The van der Waals surface area contributed by atoms with E-state index in [4.69, 9.17) is 11.6 Å². The van der Waals surface area contributed by atoms with Gasteiger partial charge in [-0.2, -0.15) is 0 Å². The zero-order valence-electron chi connectivity index (χ0n) is 11.9. The number of nitrogens with one attached hydrogen (secondary N) is 1. The molecule has 0 amide bonds. The Hall–Kier alpha value is -1.43. The molecule has 0 unspecified atom stereocenters. The molecule has 2 rings (SSSR count). The molecule has 0 aliphatic carbocycles. The third-order valence-corrected chi connectivity index (χ3v) is 4.88. The van der Waals surface area contributed by atoms with Crippen molar-refractivity contribution in [2.45, 2.75) is 12.8 Å². The van der Waals surface area contributed by atoms with Crippen LogP contribution in [0.4, 0.5) is 4.39 Å². The van der Waals surface area contributed by atoms with Crippen molar-refractivity contribution in [2.75, 3.05) is 12.3 Å². The average molecular weight is 342 g/mol. The van der Waals surface area contributed by atoms with Crippen molar-refractivity contribution >= 4 is 21.6 Å². The molecule has 2 aromatic rings. The summed E-state index contributed by atoms with van der Waals surface area (Å²) in [5, 5.41) is 0.647. The van der Waals surface area contributed by atoms with Gasteiger partial charge in [0, 0.05) is 11.6 Å². The van der Waals surface area contributed by atoms with Crippen molar-refractivity contribution < 1.29 is 12.8 Å². The molecule has 0 radical (unpaired) electrons. The SMILES string of the molecule is O=S(=O)(CCc1ccccc1F)NCCc1ccc(Cl)cc1. The minimum atomic E-state index is -3.42. The lowest BCUT2D eigenvalue weighted by Crippen LogP contribution is -2.29. The molecule has 0 bridgehead atoms. The van der Waals surface area contributed by atoms with Crippen LogP contribution in [0.15, 0.2) is 48.5 Å². The van der Waals surface area contributed by atoms with E-state index < -0.39 is 10.0 Å². The van der Waals surface area contributed by atoms with E-state index in [1.54, 1.807) is 30.3 Å². The Kier molecular flexibility index (Phi) is 5.94. The molecular weight excluding hydrogens is 325 g/mol. The second-order valence-corrected chi connectivity index (χ2v) is 7.29. The highest BCUT2D eigenvalue weighted by Crippen LogP contribution is 2.10. The summed E-state index contributed by atoms with van der Waals surface area (Å²) in [7, 11) is -3.42. The lowest BCUT2D eigenvalue weighted by Gasteiger charge is -2.07. The summed E-state index contributed by atoms with van der Waals surface area (Å²) < 4.78 is 39.8. The summed E-state index contributed by atoms with van der Waals surface area (Å²) in [6.07, 6.45) is 0.735. The van der Waals surface area contributed by atoms with E-state index in [1.807, 2.05) is 12.1 Å². The Morgan fingerprint density at radius 2 is 1.68 bits per heavy atom.